The van der Waals surface area contributed by atoms with E-state index in [-0.39, 0.29) is 16.6 Å². The van der Waals surface area contributed by atoms with Crippen molar-refractivity contribution in [2.75, 3.05) is 26.3 Å². The number of aromatic carboxylic acids is 1. The highest BCUT2D eigenvalue weighted by Crippen LogP contribution is 2.40. The van der Waals surface area contributed by atoms with Crippen LogP contribution in [0.2, 0.25) is 5.02 Å². The van der Waals surface area contributed by atoms with Gasteiger partial charge in [0.05, 0.1) is 43.4 Å². The third-order valence-electron chi connectivity index (χ3n) is 4.00. The fourth-order valence-electron chi connectivity index (χ4n) is 2.85. The number of fused-ring (bicyclic) bond motifs is 3. The number of aromatic nitrogens is 2. The van der Waals surface area contributed by atoms with E-state index in [2.05, 4.69) is 9.29 Å². The van der Waals surface area contributed by atoms with Crippen LogP contribution in [0.25, 0.3) is 11.4 Å². The lowest BCUT2D eigenvalue weighted by Gasteiger charge is -2.33. The summed E-state index contributed by atoms with van der Waals surface area (Å²) in [5.41, 5.74) is -0.836. The smallest absolute Gasteiger partial charge is 0.274 e. The number of pyridine rings is 2. The van der Waals surface area contributed by atoms with E-state index in [4.69, 9.17) is 16.3 Å². The van der Waals surface area contributed by atoms with Crippen LogP contribution >= 0.6 is 11.6 Å². The first kappa shape index (κ1) is 14.9. The molecule has 1 saturated heterocycles. The number of hydrogen-bond acceptors (Lipinski definition) is 6. The van der Waals surface area contributed by atoms with Crippen molar-refractivity contribution in [2.45, 2.75) is 10.9 Å². The molecule has 0 aliphatic carbocycles. The molecule has 9 heteroatoms. The standard InChI is InChI=1S/C14H12ClN3O4S/c15-10-5-8-11(19)9(14(20)21)6-16-12(8)18-7-23(13(10)18)17-1-3-22-4-2-17/h5-6H,1-4,7H2. The fraction of sp³-hybridized carbons (Fsp3) is 0.357. The molecule has 1 atom stereocenters. The monoisotopic (exact) mass is 353 g/mol. The number of rotatable bonds is 2. The number of hydrogen-bond donors (Lipinski definition) is 0. The van der Waals surface area contributed by atoms with Gasteiger partial charge >= 0.3 is 0 Å². The summed E-state index contributed by atoms with van der Waals surface area (Å²) in [5.74, 6) is -0.360. The molecule has 0 amide bonds. The van der Waals surface area contributed by atoms with Crippen molar-refractivity contribution in [3.05, 3.63) is 33.1 Å². The maximum absolute atomic E-state index is 12.2. The highest BCUT2D eigenvalue weighted by atomic mass is 35.5. The summed E-state index contributed by atoms with van der Waals surface area (Å²) in [5, 5.41) is 12.4. The van der Waals surface area contributed by atoms with E-state index in [9.17, 15) is 14.7 Å². The first-order chi connectivity index (χ1) is 11.1. The molecule has 0 N–H and O–H groups in total. The molecule has 120 valence electrons. The van der Waals surface area contributed by atoms with Crippen molar-refractivity contribution < 1.29 is 14.6 Å². The summed E-state index contributed by atoms with van der Waals surface area (Å²) >= 11 is 6.23. The van der Waals surface area contributed by atoms with Crippen LogP contribution in [-0.2, 0) is 21.7 Å². The predicted octanol–water partition coefficient (Wildman–Crippen LogP) is -0.440. The van der Waals surface area contributed by atoms with E-state index in [1.807, 2.05) is 4.57 Å². The van der Waals surface area contributed by atoms with Gasteiger partial charge < -0.3 is 14.6 Å². The number of morpholine rings is 1. The number of halogens is 1. The Morgan fingerprint density at radius 1 is 1.39 bits per heavy atom. The van der Waals surface area contributed by atoms with E-state index in [0.717, 1.165) is 24.3 Å². The third kappa shape index (κ3) is 2.25. The number of carbonyl (C=O) groups is 1. The Kier molecular flexibility index (Phi) is 3.56. The van der Waals surface area contributed by atoms with E-state index in [1.54, 1.807) is 0 Å². The Morgan fingerprint density at radius 3 is 2.83 bits per heavy atom. The second-order valence-corrected chi connectivity index (χ2v) is 7.58. The van der Waals surface area contributed by atoms with E-state index < -0.39 is 17.0 Å². The van der Waals surface area contributed by atoms with Crippen LogP contribution in [0.1, 0.15) is 10.4 Å². The molecule has 4 aliphatic rings. The van der Waals surface area contributed by atoms with Gasteiger partial charge in [0.2, 0.25) is 5.88 Å². The van der Waals surface area contributed by atoms with Gasteiger partial charge in [0.25, 0.3) is 5.03 Å². The van der Waals surface area contributed by atoms with E-state index in [0.29, 0.717) is 29.9 Å². The predicted molar refractivity (Wildman–Crippen MR) is 82.5 cm³/mol. The molecule has 0 spiro atoms. The van der Waals surface area contributed by atoms with Crippen molar-refractivity contribution in [3.63, 3.8) is 0 Å². The molecule has 4 heterocycles. The van der Waals surface area contributed by atoms with Gasteiger partial charge in [0.15, 0.2) is 22.3 Å². The summed E-state index contributed by atoms with van der Waals surface area (Å²) in [6, 6.07) is 1.52. The SMILES string of the molecule is O=C([O-])c1cnc2n3c(c(Cl)cc-2c1=O)[S+](N1CCOCC1)C3. The van der Waals surface area contributed by atoms with Crippen molar-refractivity contribution in [1.82, 2.24) is 13.9 Å². The van der Waals surface area contributed by atoms with Crippen molar-refractivity contribution in [2.24, 2.45) is 0 Å². The van der Waals surface area contributed by atoms with Crippen LogP contribution in [0, 0.1) is 0 Å². The van der Waals surface area contributed by atoms with E-state index in [1.165, 1.54) is 6.07 Å². The van der Waals surface area contributed by atoms with Gasteiger partial charge in [-0.05, 0) is 6.07 Å². The second kappa shape index (κ2) is 5.48. The summed E-state index contributed by atoms with van der Waals surface area (Å²) in [4.78, 5) is 27.3. The lowest BCUT2D eigenvalue weighted by atomic mass is 10.1. The van der Waals surface area contributed by atoms with Crippen LogP contribution in [0.15, 0.2) is 22.1 Å². The fourth-order valence-corrected chi connectivity index (χ4v) is 5.42. The van der Waals surface area contributed by atoms with Gasteiger partial charge in [0, 0.05) is 6.20 Å². The first-order valence-electron chi connectivity index (χ1n) is 7.05. The largest absolute Gasteiger partial charge is 0.545 e. The van der Waals surface area contributed by atoms with Crippen molar-refractivity contribution in [3.8, 4) is 11.4 Å². The van der Waals surface area contributed by atoms with Crippen LogP contribution in [0.4, 0.5) is 0 Å². The van der Waals surface area contributed by atoms with Crippen LogP contribution in [0.5, 0.6) is 0 Å². The third-order valence-corrected chi connectivity index (χ3v) is 6.78. The lowest BCUT2D eigenvalue weighted by Crippen LogP contribution is -2.48. The summed E-state index contributed by atoms with van der Waals surface area (Å²) in [7, 11) is 0. The van der Waals surface area contributed by atoms with Gasteiger partial charge in [-0.25, -0.2) is 9.55 Å². The zero-order chi connectivity index (χ0) is 16.1. The van der Waals surface area contributed by atoms with Crippen molar-refractivity contribution in [1.29, 1.82) is 0 Å². The molecule has 0 bridgehead atoms. The minimum absolute atomic E-state index is 0.133. The molecule has 0 aromatic heterocycles. The molecule has 0 radical (unpaired) electrons. The summed E-state index contributed by atoms with van der Waals surface area (Å²) in [6.45, 7) is 3.10. The molecular formula is C14H12ClN3O4S. The van der Waals surface area contributed by atoms with Gasteiger partial charge in [-0.3, -0.25) is 4.79 Å². The van der Waals surface area contributed by atoms with Crippen LogP contribution < -0.4 is 10.5 Å². The Labute approximate surface area is 139 Å². The Balaban J connectivity index is 1.81. The van der Waals surface area contributed by atoms with Gasteiger partial charge in [-0.2, -0.15) is 0 Å². The average Bonchev–Trinajstić information content (AvgIpc) is 2.49. The Morgan fingerprint density at radius 2 is 2.13 bits per heavy atom. The minimum atomic E-state index is -1.53. The molecule has 0 aromatic rings. The topological polar surface area (TPSA) is 87.5 Å². The first-order valence-corrected chi connectivity index (χ1v) is 8.78. The minimum Gasteiger partial charge on any atom is -0.545 e. The summed E-state index contributed by atoms with van der Waals surface area (Å²) in [6.07, 6.45) is 1.06. The highest BCUT2D eigenvalue weighted by molar-refractivity contribution is 7.94. The number of nitrogens with zero attached hydrogens (tertiary/aromatic N) is 3. The van der Waals surface area contributed by atoms with Crippen LogP contribution in [0.3, 0.4) is 0 Å². The van der Waals surface area contributed by atoms with Crippen molar-refractivity contribution >= 4 is 28.7 Å². The van der Waals surface area contributed by atoms with Gasteiger partial charge in [-0.1, -0.05) is 11.6 Å². The quantitative estimate of drug-likeness (QED) is 0.680. The maximum Gasteiger partial charge on any atom is 0.274 e. The zero-order valence-electron chi connectivity index (χ0n) is 12.0. The molecule has 1 unspecified atom stereocenters. The molecule has 1 fully saturated rings. The normalized spacial score (nSPS) is 21.0. The number of carbonyl (C=O) groups excluding carboxylic acids is 1. The molecule has 23 heavy (non-hydrogen) atoms. The maximum atomic E-state index is 12.2. The van der Waals surface area contributed by atoms with Gasteiger partial charge in [-0.15, -0.1) is 4.31 Å². The summed E-state index contributed by atoms with van der Waals surface area (Å²) < 4.78 is 9.58. The van der Waals surface area contributed by atoms with E-state index >= 15 is 0 Å². The van der Waals surface area contributed by atoms with Gasteiger partial charge in [0.1, 0.15) is 5.02 Å². The number of ether oxygens (including phenoxy) is 1. The number of carboxylic acid groups (broad SMARTS) is 1. The molecule has 7 nitrogen and oxygen atoms in total. The molecule has 0 aromatic carbocycles. The Hall–Kier alpha value is -1.61. The van der Waals surface area contributed by atoms with Crippen LogP contribution in [-0.4, -0.2) is 46.1 Å². The average molecular weight is 354 g/mol. The second-order valence-electron chi connectivity index (χ2n) is 5.29. The molecule has 4 rings (SSSR count). The molecule has 4 aliphatic heterocycles. The number of carboxylic acids is 1. The lowest BCUT2D eigenvalue weighted by molar-refractivity contribution is -0.255. The Bertz CT molecular complexity index is 834. The zero-order valence-corrected chi connectivity index (χ0v) is 13.5. The highest BCUT2D eigenvalue weighted by Gasteiger charge is 2.48. The molecular weight excluding hydrogens is 342 g/mol. The molecule has 0 saturated carbocycles.